The quantitative estimate of drug-likeness (QED) is 0.661. The first kappa shape index (κ1) is 21.9. The van der Waals surface area contributed by atoms with Gasteiger partial charge in [-0.3, -0.25) is 4.79 Å². The zero-order valence-corrected chi connectivity index (χ0v) is 17.2. The number of amides is 1. The van der Waals surface area contributed by atoms with Crippen LogP contribution in [0.5, 0.6) is 0 Å². The van der Waals surface area contributed by atoms with Crippen molar-refractivity contribution in [3.63, 3.8) is 0 Å². The number of likely N-dealkylation sites (N-methyl/N-ethyl adjacent to an activating group) is 1. The van der Waals surface area contributed by atoms with Crippen molar-refractivity contribution in [1.82, 2.24) is 29.7 Å². The van der Waals surface area contributed by atoms with Crippen molar-refractivity contribution in [2.24, 2.45) is 0 Å². The Labute approximate surface area is 176 Å². The summed E-state index contributed by atoms with van der Waals surface area (Å²) in [6.45, 7) is 1.96. The van der Waals surface area contributed by atoms with Gasteiger partial charge < -0.3 is 19.8 Å². The van der Waals surface area contributed by atoms with Gasteiger partial charge in [0.25, 0.3) is 0 Å². The summed E-state index contributed by atoms with van der Waals surface area (Å²) in [5.74, 6) is 0.870. The second-order valence-electron chi connectivity index (χ2n) is 6.55. The van der Waals surface area contributed by atoms with E-state index in [-0.39, 0.29) is 30.7 Å². The predicted octanol–water partition coefficient (Wildman–Crippen LogP) is 2.34. The van der Waals surface area contributed by atoms with Gasteiger partial charge in [-0.05, 0) is 5.56 Å². The Morgan fingerprint density at radius 3 is 2.82 bits per heavy atom. The number of aromatic nitrogens is 4. The highest BCUT2D eigenvalue weighted by atomic mass is 35.5. The highest BCUT2D eigenvalue weighted by Crippen LogP contribution is 2.21. The second kappa shape index (κ2) is 9.73. The van der Waals surface area contributed by atoms with Crippen LogP contribution < -0.4 is 5.32 Å². The standard InChI is InChI=1S/C19H22N6O.2ClH/c1-24(19(26)18-17-15(7-8-21-18)22-13-23-17)12-16-20-9-10-25(16)11-14-5-3-2-4-6-14;;/h2-6,9-10,13,18,21H,7-8,11-12H2,1H3,(H,22,23);2*1H. The Morgan fingerprint density at radius 1 is 1.25 bits per heavy atom. The van der Waals surface area contributed by atoms with E-state index in [0.717, 1.165) is 36.7 Å². The van der Waals surface area contributed by atoms with Crippen LogP contribution in [0.4, 0.5) is 0 Å². The molecule has 28 heavy (non-hydrogen) atoms. The number of halogens is 2. The second-order valence-corrected chi connectivity index (χ2v) is 6.55. The number of imidazole rings is 2. The van der Waals surface area contributed by atoms with E-state index < -0.39 is 6.04 Å². The molecule has 1 amide bonds. The minimum Gasteiger partial charge on any atom is -0.348 e. The van der Waals surface area contributed by atoms with Crippen LogP contribution in [0, 0.1) is 0 Å². The first-order valence-electron chi connectivity index (χ1n) is 8.77. The molecule has 4 rings (SSSR count). The van der Waals surface area contributed by atoms with E-state index in [1.165, 1.54) is 5.56 Å². The summed E-state index contributed by atoms with van der Waals surface area (Å²) < 4.78 is 2.08. The lowest BCUT2D eigenvalue weighted by atomic mass is 10.0. The average molecular weight is 423 g/mol. The molecule has 150 valence electrons. The first-order valence-corrected chi connectivity index (χ1v) is 8.77. The number of H-pyrrole nitrogens is 1. The molecule has 0 saturated heterocycles. The van der Waals surface area contributed by atoms with E-state index in [4.69, 9.17) is 0 Å². The highest BCUT2D eigenvalue weighted by molar-refractivity contribution is 5.85. The van der Waals surface area contributed by atoms with Gasteiger partial charge in [0.2, 0.25) is 5.91 Å². The molecule has 0 aliphatic carbocycles. The molecule has 9 heteroatoms. The van der Waals surface area contributed by atoms with Crippen LogP contribution in [0.1, 0.15) is 28.8 Å². The predicted molar refractivity (Wildman–Crippen MR) is 112 cm³/mol. The Balaban J connectivity index is 0.00000140. The molecular formula is C19H24Cl2N6O. The van der Waals surface area contributed by atoms with Gasteiger partial charge in [0.1, 0.15) is 11.9 Å². The number of hydrogen-bond acceptors (Lipinski definition) is 4. The zero-order chi connectivity index (χ0) is 17.9. The highest BCUT2D eigenvalue weighted by Gasteiger charge is 2.30. The number of nitrogens with zero attached hydrogens (tertiary/aromatic N) is 4. The van der Waals surface area contributed by atoms with Gasteiger partial charge >= 0.3 is 0 Å². The molecule has 1 unspecified atom stereocenters. The van der Waals surface area contributed by atoms with Crippen molar-refractivity contribution >= 4 is 30.7 Å². The first-order chi connectivity index (χ1) is 12.7. The molecule has 2 aromatic heterocycles. The Kier molecular flexibility index (Phi) is 7.62. The number of fused-ring (bicyclic) bond motifs is 1. The smallest absolute Gasteiger partial charge is 0.246 e. The number of aromatic amines is 1. The maximum absolute atomic E-state index is 12.9. The maximum Gasteiger partial charge on any atom is 0.246 e. The topological polar surface area (TPSA) is 78.8 Å². The summed E-state index contributed by atoms with van der Waals surface area (Å²) in [7, 11) is 1.81. The number of carbonyl (C=O) groups is 1. The van der Waals surface area contributed by atoms with Crippen molar-refractivity contribution in [3.05, 3.63) is 71.8 Å². The van der Waals surface area contributed by atoms with Crippen LogP contribution in [0.25, 0.3) is 0 Å². The van der Waals surface area contributed by atoms with Gasteiger partial charge in [-0.15, -0.1) is 24.8 Å². The van der Waals surface area contributed by atoms with Crippen molar-refractivity contribution < 1.29 is 4.79 Å². The fraction of sp³-hybridized carbons (Fsp3) is 0.316. The Hall–Kier alpha value is -2.35. The SMILES string of the molecule is CN(Cc1nccn1Cc1ccccc1)C(=O)C1NCCc2[nH]cnc21.Cl.Cl. The molecule has 2 N–H and O–H groups in total. The monoisotopic (exact) mass is 422 g/mol. The summed E-state index contributed by atoms with van der Waals surface area (Å²) in [5, 5.41) is 3.28. The van der Waals surface area contributed by atoms with Gasteiger partial charge in [-0.25, -0.2) is 9.97 Å². The molecule has 0 spiro atoms. The molecule has 3 heterocycles. The molecule has 0 radical (unpaired) electrons. The maximum atomic E-state index is 12.9. The third kappa shape index (κ3) is 4.55. The normalized spacial score (nSPS) is 15.1. The average Bonchev–Trinajstić information content (AvgIpc) is 3.31. The van der Waals surface area contributed by atoms with E-state index in [1.807, 2.05) is 31.4 Å². The van der Waals surface area contributed by atoms with E-state index in [0.29, 0.717) is 6.54 Å². The van der Waals surface area contributed by atoms with Crippen molar-refractivity contribution in [3.8, 4) is 0 Å². The van der Waals surface area contributed by atoms with Crippen LogP contribution in [0.15, 0.2) is 49.1 Å². The van der Waals surface area contributed by atoms with E-state index in [2.05, 4.69) is 37.0 Å². The lowest BCUT2D eigenvalue weighted by Gasteiger charge is -2.27. The molecule has 1 aliphatic rings. The van der Waals surface area contributed by atoms with Gasteiger partial charge in [-0.2, -0.15) is 0 Å². The Morgan fingerprint density at radius 2 is 2.04 bits per heavy atom. The van der Waals surface area contributed by atoms with E-state index >= 15 is 0 Å². The minimum absolute atomic E-state index is 0. The van der Waals surface area contributed by atoms with Crippen LogP contribution in [-0.2, 0) is 24.3 Å². The molecule has 7 nitrogen and oxygen atoms in total. The molecular weight excluding hydrogens is 399 g/mol. The molecule has 1 atom stereocenters. The molecule has 0 bridgehead atoms. The zero-order valence-electron chi connectivity index (χ0n) is 15.5. The van der Waals surface area contributed by atoms with Gasteiger partial charge in [-0.1, -0.05) is 30.3 Å². The van der Waals surface area contributed by atoms with Crippen molar-refractivity contribution in [2.75, 3.05) is 13.6 Å². The fourth-order valence-corrected chi connectivity index (χ4v) is 3.35. The molecule has 1 aromatic carbocycles. The summed E-state index contributed by atoms with van der Waals surface area (Å²) in [4.78, 5) is 26.5. The van der Waals surface area contributed by atoms with Crippen LogP contribution in [0.2, 0.25) is 0 Å². The molecule has 0 fully saturated rings. The van der Waals surface area contributed by atoms with Gasteiger partial charge in [0.05, 0.1) is 18.6 Å². The summed E-state index contributed by atoms with van der Waals surface area (Å²) in [6.07, 6.45) is 6.25. The van der Waals surface area contributed by atoms with E-state index in [9.17, 15) is 4.79 Å². The lowest BCUT2D eigenvalue weighted by molar-refractivity contribution is -0.133. The third-order valence-corrected chi connectivity index (χ3v) is 4.75. The number of hydrogen-bond donors (Lipinski definition) is 2. The minimum atomic E-state index is -0.396. The van der Waals surface area contributed by atoms with Crippen LogP contribution in [0.3, 0.4) is 0 Å². The van der Waals surface area contributed by atoms with Crippen molar-refractivity contribution in [2.45, 2.75) is 25.6 Å². The number of rotatable bonds is 5. The molecule has 1 aliphatic heterocycles. The third-order valence-electron chi connectivity index (χ3n) is 4.75. The van der Waals surface area contributed by atoms with Gasteiger partial charge in [0, 0.05) is 44.6 Å². The largest absolute Gasteiger partial charge is 0.348 e. The molecule has 0 saturated carbocycles. The van der Waals surface area contributed by atoms with E-state index in [1.54, 1.807) is 17.4 Å². The van der Waals surface area contributed by atoms with Crippen molar-refractivity contribution in [1.29, 1.82) is 0 Å². The van der Waals surface area contributed by atoms with Crippen LogP contribution >= 0.6 is 24.8 Å². The summed E-state index contributed by atoms with van der Waals surface area (Å²) in [5.41, 5.74) is 3.05. The summed E-state index contributed by atoms with van der Waals surface area (Å²) >= 11 is 0. The number of carbonyl (C=O) groups excluding carboxylic acids is 1. The number of benzene rings is 1. The number of nitrogens with one attached hydrogen (secondary N) is 2. The Bertz CT molecular complexity index is 895. The lowest BCUT2D eigenvalue weighted by Crippen LogP contribution is -2.42. The summed E-state index contributed by atoms with van der Waals surface area (Å²) in [6, 6.07) is 9.83. The van der Waals surface area contributed by atoms with Gasteiger partial charge in [0.15, 0.2) is 0 Å². The van der Waals surface area contributed by atoms with Crippen LogP contribution in [-0.4, -0.2) is 43.9 Å². The fourth-order valence-electron chi connectivity index (χ4n) is 3.35. The molecule has 3 aromatic rings.